The fourth-order valence-electron chi connectivity index (χ4n) is 3.76. The summed E-state index contributed by atoms with van der Waals surface area (Å²) in [6.07, 6.45) is 3.56. The first-order valence-electron chi connectivity index (χ1n) is 9.75. The van der Waals surface area contributed by atoms with Gasteiger partial charge in [-0.25, -0.2) is 4.79 Å². The minimum Gasteiger partial charge on any atom is -0.493 e. The molecule has 1 fully saturated rings. The number of rotatable bonds is 9. The highest BCUT2D eigenvalue weighted by atomic mass is 32.2. The maximum atomic E-state index is 12.8. The number of likely N-dealkylation sites (tertiary alicyclic amines) is 1. The summed E-state index contributed by atoms with van der Waals surface area (Å²) in [4.78, 5) is 37.2. The number of hydrogen-bond donors (Lipinski definition) is 1. The van der Waals surface area contributed by atoms with E-state index in [1.807, 2.05) is 18.2 Å². The molecule has 0 spiro atoms. The zero-order valence-corrected chi connectivity index (χ0v) is 18.0. The molecule has 29 heavy (non-hydrogen) atoms. The number of ether oxygens (including phenoxy) is 2. The molecule has 0 radical (unpaired) electrons. The van der Waals surface area contributed by atoms with E-state index in [0.717, 1.165) is 30.2 Å². The standard InChI is InChI=1S/C21H29NO6S/c1-14(23)29-12-11-20(24)22-16(5-4-6-17(22)21(25)26)9-7-15-8-10-18(27-2)19(13-15)28-3/h8,10,13,16-17H,4-7,9,11-12H2,1-3H3,(H,25,26). The van der Waals surface area contributed by atoms with Gasteiger partial charge in [0.25, 0.3) is 0 Å². The van der Waals surface area contributed by atoms with Crippen LogP contribution in [0.1, 0.15) is 44.6 Å². The van der Waals surface area contributed by atoms with Gasteiger partial charge in [0, 0.05) is 25.1 Å². The van der Waals surface area contributed by atoms with Gasteiger partial charge in [-0.15, -0.1) is 0 Å². The number of carboxylic acids is 1. The third-order valence-electron chi connectivity index (χ3n) is 5.15. The minimum absolute atomic E-state index is 0.0452. The molecule has 0 aromatic heterocycles. The van der Waals surface area contributed by atoms with Crippen LogP contribution in [0.15, 0.2) is 18.2 Å². The molecule has 160 valence electrons. The average molecular weight is 424 g/mol. The van der Waals surface area contributed by atoms with Crippen molar-refractivity contribution in [3.05, 3.63) is 23.8 Å². The van der Waals surface area contributed by atoms with Crippen LogP contribution in [0.3, 0.4) is 0 Å². The Hall–Kier alpha value is -2.22. The maximum Gasteiger partial charge on any atom is 0.326 e. The highest BCUT2D eigenvalue weighted by Crippen LogP contribution is 2.31. The summed E-state index contributed by atoms with van der Waals surface area (Å²) in [5.41, 5.74) is 1.04. The van der Waals surface area contributed by atoms with Crippen LogP contribution < -0.4 is 9.47 Å². The molecule has 2 unspecified atom stereocenters. The second kappa shape index (κ2) is 11.1. The van der Waals surface area contributed by atoms with E-state index in [-0.39, 0.29) is 23.5 Å². The molecule has 0 bridgehead atoms. The number of carboxylic acid groups (broad SMARTS) is 1. The number of hydrogen-bond acceptors (Lipinski definition) is 6. The van der Waals surface area contributed by atoms with Crippen molar-refractivity contribution in [2.45, 2.75) is 57.5 Å². The third-order valence-corrected chi connectivity index (χ3v) is 5.97. The Morgan fingerprint density at radius 2 is 1.90 bits per heavy atom. The van der Waals surface area contributed by atoms with E-state index in [0.29, 0.717) is 36.5 Å². The number of aliphatic carboxylic acids is 1. The summed E-state index contributed by atoms with van der Waals surface area (Å²) in [6, 6.07) is 4.78. The summed E-state index contributed by atoms with van der Waals surface area (Å²) in [6.45, 7) is 1.46. The van der Waals surface area contributed by atoms with Gasteiger partial charge in [0.05, 0.1) is 14.2 Å². The molecular formula is C21H29NO6S. The number of thioether (sulfide) groups is 1. The van der Waals surface area contributed by atoms with E-state index in [1.165, 1.54) is 6.92 Å². The molecule has 0 saturated carbocycles. The van der Waals surface area contributed by atoms with Crippen molar-refractivity contribution in [1.29, 1.82) is 0 Å². The lowest BCUT2D eigenvalue weighted by Crippen LogP contribution is -2.53. The number of amides is 1. The van der Waals surface area contributed by atoms with Crippen molar-refractivity contribution in [3.8, 4) is 11.5 Å². The van der Waals surface area contributed by atoms with Crippen molar-refractivity contribution in [2.75, 3.05) is 20.0 Å². The quantitative estimate of drug-likeness (QED) is 0.652. The first-order valence-corrected chi connectivity index (χ1v) is 10.7. The SMILES string of the molecule is COc1ccc(CCC2CCCC(C(=O)O)N2C(=O)CCSC(C)=O)cc1OC. The molecule has 1 heterocycles. The van der Waals surface area contributed by atoms with Crippen LogP contribution in [0, 0.1) is 0 Å². The van der Waals surface area contributed by atoms with E-state index in [4.69, 9.17) is 9.47 Å². The Morgan fingerprint density at radius 1 is 1.17 bits per heavy atom. The first-order chi connectivity index (χ1) is 13.9. The number of methoxy groups -OCH3 is 2. The average Bonchev–Trinajstić information content (AvgIpc) is 2.71. The smallest absolute Gasteiger partial charge is 0.326 e. The van der Waals surface area contributed by atoms with Crippen molar-refractivity contribution in [3.63, 3.8) is 0 Å². The van der Waals surface area contributed by atoms with Gasteiger partial charge in [-0.2, -0.15) is 0 Å². The van der Waals surface area contributed by atoms with E-state index in [9.17, 15) is 19.5 Å². The maximum absolute atomic E-state index is 12.8. The van der Waals surface area contributed by atoms with Crippen LogP contribution in [0.2, 0.25) is 0 Å². The van der Waals surface area contributed by atoms with Crippen LogP contribution in [0.4, 0.5) is 0 Å². The molecular weight excluding hydrogens is 394 g/mol. The fourth-order valence-corrected chi connectivity index (χ4v) is 4.33. The van der Waals surface area contributed by atoms with Crippen LogP contribution in [0.5, 0.6) is 11.5 Å². The zero-order valence-electron chi connectivity index (χ0n) is 17.2. The fraction of sp³-hybridized carbons (Fsp3) is 0.571. The van der Waals surface area contributed by atoms with E-state index in [1.54, 1.807) is 19.1 Å². The molecule has 1 aromatic carbocycles. The van der Waals surface area contributed by atoms with Crippen molar-refractivity contribution >= 4 is 28.8 Å². The van der Waals surface area contributed by atoms with Gasteiger partial charge >= 0.3 is 5.97 Å². The van der Waals surface area contributed by atoms with Gasteiger partial charge < -0.3 is 19.5 Å². The molecule has 1 amide bonds. The number of nitrogens with zero attached hydrogens (tertiary/aromatic N) is 1. The van der Waals surface area contributed by atoms with Gasteiger partial charge in [0.2, 0.25) is 5.91 Å². The second-order valence-corrected chi connectivity index (χ2v) is 8.33. The second-order valence-electron chi connectivity index (χ2n) is 7.06. The lowest BCUT2D eigenvalue weighted by atomic mass is 9.91. The summed E-state index contributed by atoms with van der Waals surface area (Å²) in [5, 5.41) is 9.57. The van der Waals surface area contributed by atoms with Crippen LogP contribution in [-0.2, 0) is 20.8 Å². The van der Waals surface area contributed by atoms with Crippen molar-refractivity contribution in [2.24, 2.45) is 0 Å². The normalized spacial score (nSPS) is 18.9. The predicted molar refractivity (Wildman–Crippen MR) is 112 cm³/mol. The first kappa shape index (κ1) is 23.1. The van der Waals surface area contributed by atoms with Crippen LogP contribution in [0.25, 0.3) is 0 Å². The number of aryl methyl sites for hydroxylation is 1. The molecule has 1 aromatic rings. The highest BCUT2D eigenvalue weighted by Gasteiger charge is 2.37. The molecule has 1 N–H and O–H groups in total. The highest BCUT2D eigenvalue weighted by molar-refractivity contribution is 8.13. The van der Waals surface area contributed by atoms with E-state index < -0.39 is 12.0 Å². The zero-order chi connectivity index (χ0) is 21.4. The molecule has 7 nitrogen and oxygen atoms in total. The Kier molecular flexibility index (Phi) is 8.82. The van der Waals surface area contributed by atoms with E-state index >= 15 is 0 Å². The van der Waals surface area contributed by atoms with Gasteiger partial charge in [0.15, 0.2) is 16.6 Å². The largest absolute Gasteiger partial charge is 0.493 e. The number of carbonyl (C=O) groups is 3. The van der Waals surface area contributed by atoms with Gasteiger partial charge in [-0.3, -0.25) is 9.59 Å². The molecule has 2 atom stereocenters. The topological polar surface area (TPSA) is 93.1 Å². The summed E-state index contributed by atoms with van der Waals surface area (Å²) >= 11 is 1.09. The number of carbonyl (C=O) groups excluding carboxylic acids is 2. The lowest BCUT2D eigenvalue weighted by Gasteiger charge is -2.40. The predicted octanol–water partition coefficient (Wildman–Crippen LogP) is 3.14. The van der Waals surface area contributed by atoms with Gasteiger partial charge in [-0.05, 0) is 49.8 Å². The van der Waals surface area contributed by atoms with Gasteiger partial charge in [-0.1, -0.05) is 17.8 Å². The molecule has 1 saturated heterocycles. The van der Waals surface area contributed by atoms with Crippen LogP contribution >= 0.6 is 11.8 Å². The summed E-state index contributed by atoms with van der Waals surface area (Å²) < 4.78 is 10.6. The monoisotopic (exact) mass is 423 g/mol. The number of piperidine rings is 1. The third kappa shape index (κ3) is 6.39. The molecule has 0 aliphatic carbocycles. The lowest BCUT2D eigenvalue weighted by molar-refractivity contribution is -0.155. The summed E-state index contributed by atoms with van der Waals surface area (Å²) in [5.74, 6) is 0.516. The Labute approximate surface area is 175 Å². The Morgan fingerprint density at radius 3 is 2.52 bits per heavy atom. The Bertz CT molecular complexity index is 738. The molecule has 1 aliphatic heterocycles. The molecule has 8 heteroatoms. The van der Waals surface area contributed by atoms with Crippen molar-refractivity contribution in [1.82, 2.24) is 4.90 Å². The van der Waals surface area contributed by atoms with E-state index in [2.05, 4.69) is 0 Å². The van der Waals surface area contributed by atoms with Crippen LogP contribution in [-0.4, -0.2) is 59.1 Å². The number of benzene rings is 1. The molecule has 1 aliphatic rings. The van der Waals surface area contributed by atoms with Crippen molar-refractivity contribution < 1.29 is 29.0 Å². The summed E-state index contributed by atoms with van der Waals surface area (Å²) in [7, 11) is 3.17. The molecule has 2 rings (SSSR count). The van der Waals surface area contributed by atoms with Gasteiger partial charge in [0.1, 0.15) is 6.04 Å². The Balaban J connectivity index is 2.10. The minimum atomic E-state index is -0.964.